The van der Waals surface area contributed by atoms with Crippen molar-refractivity contribution in [2.75, 3.05) is 13.1 Å². The number of carbonyl (C=O) groups excluding carboxylic acids is 3. The highest BCUT2D eigenvalue weighted by Crippen LogP contribution is 2.44. The highest BCUT2D eigenvalue weighted by molar-refractivity contribution is 6.02. The van der Waals surface area contributed by atoms with E-state index < -0.39 is 64.6 Å². The van der Waals surface area contributed by atoms with Crippen molar-refractivity contribution in [1.29, 1.82) is 5.41 Å². The Balaban J connectivity index is 1.47. The minimum Gasteiger partial charge on any atom is -0.363 e. The zero-order valence-corrected chi connectivity index (χ0v) is 19.2. The number of likely N-dealkylation sites (tertiary alicyclic amines) is 1. The van der Waals surface area contributed by atoms with Crippen molar-refractivity contribution < 1.29 is 37.8 Å². The molecule has 4 fully saturated rings. The third-order valence-corrected chi connectivity index (χ3v) is 7.27. The molecule has 7 N–H and O–H groups in total. The first-order valence-electron chi connectivity index (χ1n) is 11.4. The number of rotatable bonds is 4. The first kappa shape index (κ1) is 24.8. The van der Waals surface area contributed by atoms with E-state index in [1.165, 1.54) is 11.0 Å². The molecule has 1 aromatic carbocycles. The molecule has 12 nitrogen and oxygen atoms in total. The van der Waals surface area contributed by atoms with Gasteiger partial charge in [-0.05, 0) is 12.1 Å². The Morgan fingerprint density at radius 3 is 2.49 bits per heavy atom. The van der Waals surface area contributed by atoms with Crippen molar-refractivity contribution in [1.82, 2.24) is 31.1 Å². The summed E-state index contributed by atoms with van der Waals surface area (Å²) in [6.07, 6.45) is -4.74. The number of nitrogens with zero attached hydrogens (tertiary/aromatic N) is 2. The van der Waals surface area contributed by atoms with Gasteiger partial charge >= 0.3 is 6.18 Å². The molecule has 0 aromatic heterocycles. The Hall–Kier alpha value is -3.85. The smallest absolute Gasteiger partial charge is 0.363 e. The van der Waals surface area contributed by atoms with E-state index in [1.54, 1.807) is 0 Å². The Bertz CT molecular complexity index is 1210. The van der Waals surface area contributed by atoms with E-state index in [-0.39, 0.29) is 37.7 Å². The third kappa shape index (κ3) is 3.60. The summed E-state index contributed by atoms with van der Waals surface area (Å²) in [6.45, 7) is 3.21. The summed E-state index contributed by atoms with van der Waals surface area (Å²) in [5.74, 6) is -5.02. The Labute approximate surface area is 208 Å². The van der Waals surface area contributed by atoms with E-state index in [0.717, 1.165) is 23.1 Å². The monoisotopic (exact) mass is 523 g/mol. The van der Waals surface area contributed by atoms with Gasteiger partial charge in [-0.1, -0.05) is 18.7 Å². The zero-order chi connectivity index (χ0) is 26.9. The summed E-state index contributed by atoms with van der Waals surface area (Å²) in [5, 5.41) is 42.2. The van der Waals surface area contributed by atoms with Crippen LogP contribution in [0, 0.1) is 5.41 Å². The molecule has 0 bridgehead atoms. The van der Waals surface area contributed by atoms with Gasteiger partial charge in [0.25, 0.3) is 5.91 Å². The maximum atomic E-state index is 13.4. The van der Waals surface area contributed by atoms with Gasteiger partial charge in [0.2, 0.25) is 17.6 Å². The minimum atomic E-state index is -4.82. The number of imide groups is 1. The number of alkyl halides is 3. The molecule has 198 valence electrons. The van der Waals surface area contributed by atoms with Crippen molar-refractivity contribution in [2.24, 2.45) is 0 Å². The quantitative estimate of drug-likeness (QED) is 0.185. The maximum absolute atomic E-state index is 13.4. The van der Waals surface area contributed by atoms with Crippen molar-refractivity contribution >= 4 is 23.7 Å². The average molecular weight is 523 g/mol. The van der Waals surface area contributed by atoms with Gasteiger partial charge in [-0.2, -0.15) is 13.2 Å². The van der Waals surface area contributed by atoms with Crippen molar-refractivity contribution in [3.8, 4) is 0 Å². The lowest BCUT2D eigenvalue weighted by atomic mass is 9.84. The van der Waals surface area contributed by atoms with Crippen LogP contribution in [0.5, 0.6) is 0 Å². The van der Waals surface area contributed by atoms with Crippen LogP contribution in [-0.2, 0) is 15.8 Å². The molecule has 0 unspecified atom stereocenters. The Morgan fingerprint density at radius 1 is 1.19 bits per heavy atom. The standard InChI is InChI=1S/C22H24F3N7O5/c1-10-27-17-13(8-31-15(33)6-7-16(31)34)28-19(26)32-9-14(21(36,37)20(17,32)30-10)29-18(35)11-4-2-3-5-12(11)22(23,24)25/h2-5,13-14,17,27,30,36-37H,1,6-9H2,(H2,26,28)(H,29,35)/t13-,14-,17-,20-/m0/s1. The minimum absolute atomic E-state index is 0.0424. The van der Waals surface area contributed by atoms with Gasteiger partial charge in [-0.15, -0.1) is 0 Å². The number of carbonyl (C=O) groups is 3. The number of guanidine groups is 1. The van der Waals surface area contributed by atoms with E-state index in [4.69, 9.17) is 5.41 Å². The molecule has 4 saturated heterocycles. The molecule has 4 aliphatic heterocycles. The number of nitrogens with one attached hydrogen (secondary N) is 5. The van der Waals surface area contributed by atoms with Gasteiger partial charge in [0, 0.05) is 19.4 Å². The molecular weight excluding hydrogens is 499 g/mol. The maximum Gasteiger partial charge on any atom is 0.417 e. The second-order valence-electron chi connectivity index (χ2n) is 9.40. The van der Waals surface area contributed by atoms with Crippen LogP contribution in [0.15, 0.2) is 36.7 Å². The molecule has 1 spiro atoms. The number of amides is 3. The zero-order valence-electron chi connectivity index (χ0n) is 19.2. The molecule has 4 aliphatic rings. The predicted octanol–water partition coefficient (Wildman–Crippen LogP) is -1.42. The molecule has 5 rings (SSSR count). The summed E-state index contributed by atoms with van der Waals surface area (Å²) in [5.41, 5.74) is -3.81. The van der Waals surface area contributed by atoms with Gasteiger partial charge in [-0.3, -0.25) is 24.7 Å². The van der Waals surface area contributed by atoms with Gasteiger partial charge in [0.1, 0.15) is 6.04 Å². The predicted molar refractivity (Wildman–Crippen MR) is 119 cm³/mol. The lowest BCUT2D eigenvalue weighted by Gasteiger charge is -2.51. The molecule has 37 heavy (non-hydrogen) atoms. The highest BCUT2D eigenvalue weighted by Gasteiger charge is 2.74. The molecule has 0 saturated carbocycles. The lowest BCUT2D eigenvalue weighted by molar-refractivity contribution is -0.233. The molecule has 4 heterocycles. The van der Waals surface area contributed by atoms with Gasteiger partial charge in [0.05, 0.1) is 35.6 Å². The lowest BCUT2D eigenvalue weighted by Crippen LogP contribution is -2.81. The summed E-state index contributed by atoms with van der Waals surface area (Å²) in [6, 6.07) is 0.669. The Morgan fingerprint density at radius 2 is 1.84 bits per heavy atom. The summed E-state index contributed by atoms with van der Waals surface area (Å²) in [4.78, 5) is 39.5. The van der Waals surface area contributed by atoms with E-state index >= 15 is 0 Å². The largest absolute Gasteiger partial charge is 0.417 e. The molecule has 0 aliphatic carbocycles. The average Bonchev–Trinajstić information content (AvgIpc) is 3.41. The topological polar surface area (TPSA) is 170 Å². The molecule has 3 amide bonds. The van der Waals surface area contributed by atoms with E-state index in [2.05, 4.69) is 27.8 Å². The molecule has 0 radical (unpaired) electrons. The number of hydrogen-bond acceptors (Lipinski definition) is 8. The normalized spacial score (nSPS) is 30.5. The molecule has 15 heteroatoms. The van der Waals surface area contributed by atoms with E-state index in [1.807, 2.05) is 0 Å². The van der Waals surface area contributed by atoms with Crippen LogP contribution in [0.25, 0.3) is 0 Å². The number of halogens is 3. The molecular formula is C22H24F3N7O5. The van der Waals surface area contributed by atoms with Gasteiger partial charge < -0.3 is 36.4 Å². The fourth-order valence-electron chi connectivity index (χ4n) is 5.59. The van der Waals surface area contributed by atoms with Crippen LogP contribution in [0.2, 0.25) is 0 Å². The van der Waals surface area contributed by atoms with Crippen LogP contribution < -0.4 is 21.3 Å². The summed E-state index contributed by atoms with van der Waals surface area (Å²) < 4.78 is 40.3. The summed E-state index contributed by atoms with van der Waals surface area (Å²) in [7, 11) is 0. The Kier molecular flexibility index (Phi) is 5.42. The molecule has 1 aromatic rings. The van der Waals surface area contributed by atoms with Crippen LogP contribution in [0.1, 0.15) is 28.8 Å². The fraction of sp³-hybridized carbons (Fsp3) is 0.455. The molecule has 4 atom stereocenters. The van der Waals surface area contributed by atoms with Gasteiger partial charge in [-0.25, -0.2) is 0 Å². The van der Waals surface area contributed by atoms with Crippen LogP contribution in [0.4, 0.5) is 13.2 Å². The number of benzene rings is 1. The SMILES string of the molecule is C=C1N[C@H]2[C@H](CN3C(=O)CCC3=O)NC(=N)N3C[C@H](NC(=O)c4ccccc4C(F)(F)F)C(O)(O)[C@]23N1. The van der Waals surface area contributed by atoms with Crippen molar-refractivity contribution in [3.05, 3.63) is 47.8 Å². The third-order valence-electron chi connectivity index (χ3n) is 7.27. The van der Waals surface area contributed by atoms with Crippen molar-refractivity contribution in [2.45, 2.75) is 48.6 Å². The second kappa shape index (κ2) is 8.08. The number of hydrogen-bond donors (Lipinski definition) is 7. The number of aliphatic hydroxyl groups is 2. The van der Waals surface area contributed by atoms with Crippen LogP contribution in [-0.4, -0.2) is 86.4 Å². The van der Waals surface area contributed by atoms with E-state index in [0.29, 0.717) is 0 Å². The fourth-order valence-corrected chi connectivity index (χ4v) is 5.59. The van der Waals surface area contributed by atoms with Crippen LogP contribution in [0.3, 0.4) is 0 Å². The van der Waals surface area contributed by atoms with E-state index in [9.17, 15) is 37.8 Å². The second-order valence-corrected chi connectivity index (χ2v) is 9.40. The van der Waals surface area contributed by atoms with Gasteiger partial charge in [0.15, 0.2) is 11.6 Å². The van der Waals surface area contributed by atoms with Crippen LogP contribution >= 0.6 is 0 Å². The summed E-state index contributed by atoms with van der Waals surface area (Å²) >= 11 is 0. The van der Waals surface area contributed by atoms with Crippen molar-refractivity contribution in [3.63, 3.8) is 0 Å². The highest BCUT2D eigenvalue weighted by atomic mass is 19.4. The first-order chi connectivity index (χ1) is 17.3. The first-order valence-corrected chi connectivity index (χ1v) is 11.4.